The first-order chi connectivity index (χ1) is 13.5. The van der Waals surface area contributed by atoms with Gasteiger partial charge < -0.3 is 19.7 Å². The van der Waals surface area contributed by atoms with Crippen molar-refractivity contribution in [1.29, 1.82) is 0 Å². The van der Waals surface area contributed by atoms with Crippen LogP contribution in [0.1, 0.15) is 52.5 Å². The Labute approximate surface area is 193 Å². The van der Waals surface area contributed by atoms with Crippen LogP contribution in [0, 0.1) is 5.41 Å². The Morgan fingerprint density at radius 1 is 1.14 bits per heavy atom. The Balaban J connectivity index is 0.00000300. The summed E-state index contributed by atoms with van der Waals surface area (Å²) in [5, 5.41) is 3.52. The van der Waals surface area contributed by atoms with Crippen molar-refractivity contribution < 1.29 is 9.47 Å². The van der Waals surface area contributed by atoms with Crippen LogP contribution in [0.5, 0.6) is 5.75 Å². The number of hydrogen-bond donors (Lipinski definition) is 1. The predicted molar refractivity (Wildman–Crippen MR) is 131 cm³/mol. The summed E-state index contributed by atoms with van der Waals surface area (Å²) in [5.41, 5.74) is 1.75. The van der Waals surface area contributed by atoms with Crippen molar-refractivity contribution in [3.05, 3.63) is 29.8 Å². The Kier molecular flexibility index (Phi) is 9.07. The highest BCUT2D eigenvalue weighted by Gasteiger charge is 2.36. The van der Waals surface area contributed by atoms with Crippen molar-refractivity contribution >= 4 is 29.9 Å². The lowest BCUT2D eigenvalue weighted by Crippen LogP contribution is -2.43. The monoisotopic (exact) mass is 515 g/mol. The van der Waals surface area contributed by atoms with E-state index in [1.165, 1.54) is 12.0 Å². The minimum atomic E-state index is 0. The van der Waals surface area contributed by atoms with Crippen LogP contribution in [0.3, 0.4) is 0 Å². The fourth-order valence-electron chi connectivity index (χ4n) is 4.32. The second-order valence-corrected chi connectivity index (χ2v) is 8.86. The number of hydrogen-bond acceptors (Lipinski definition) is 3. The fourth-order valence-corrected chi connectivity index (χ4v) is 4.32. The highest BCUT2D eigenvalue weighted by atomic mass is 127. The standard InChI is InChI=1S/C23H37N3O2.HI/c1-5-24-21(26-14-11-22(3,4)18-26)25-17-23(12-15-27-16-13-23)19-7-9-20(10-8-19)28-6-2;/h7-10H,5-6,11-18H2,1-4H3,(H,24,25);1H. The quantitative estimate of drug-likeness (QED) is 0.346. The normalized spacial score (nSPS) is 20.8. The Morgan fingerprint density at radius 2 is 1.83 bits per heavy atom. The molecule has 29 heavy (non-hydrogen) atoms. The molecular formula is C23H38IN3O2. The van der Waals surface area contributed by atoms with Crippen molar-refractivity contribution in [2.45, 2.75) is 52.4 Å². The Morgan fingerprint density at radius 3 is 2.38 bits per heavy atom. The molecule has 0 aliphatic carbocycles. The second kappa shape index (κ2) is 10.8. The van der Waals surface area contributed by atoms with Gasteiger partial charge in [0.2, 0.25) is 0 Å². The van der Waals surface area contributed by atoms with Gasteiger partial charge in [-0.05, 0) is 56.2 Å². The third-order valence-corrected chi connectivity index (χ3v) is 6.07. The molecule has 164 valence electrons. The summed E-state index contributed by atoms with van der Waals surface area (Å²) in [6.07, 6.45) is 3.24. The van der Waals surface area contributed by atoms with Gasteiger partial charge in [-0.1, -0.05) is 26.0 Å². The number of benzene rings is 1. The predicted octanol–water partition coefficient (Wildman–Crippen LogP) is 4.45. The minimum Gasteiger partial charge on any atom is -0.494 e. The summed E-state index contributed by atoms with van der Waals surface area (Å²) < 4.78 is 11.3. The van der Waals surface area contributed by atoms with E-state index in [-0.39, 0.29) is 29.4 Å². The largest absolute Gasteiger partial charge is 0.494 e. The zero-order valence-electron chi connectivity index (χ0n) is 18.5. The van der Waals surface area contributed by atoms with Gasteiger partial charge in [0.15, 0.2) is 5.96 Å². The van der Waals surface area contributed by atoms with Crippen molar-refractivity contribution in [2.75, 3.05) is 46.0 Å². The average molecular weight is 515 g/mol. The maximum Gasteiger partial charge on any atom is 0.193 e. The molecule has 0 radical (unpaired) electrons. The van der Waals surface area contributed by atoms with Crippen LogP contribution in [-0.4, -0.2) is 56.9 Å². The molecule has 2 aliphatic rings. The first kappa shape index (κ1) is 24.3. The van der Waals surface area contributed by atoms with Crippen LogP contribution in [0.4, 0.5) is 0 Å². The van der Waals surface area contributed by atoms with Crippen LogP contribution >= 0.6 is 24.0 Å². The van der Waals surface area contributed by atoms with E-state index in [0.29, 0.717) is 12.0 Å². The molecule has 3 rings (SSSR count). The molecule has 5 nitrogen and oxygen atoms in total. The minimum absolute atomic E-state index is 0. The molecule has 0 amide bonds. The summed E-state index contributed by atoms with van der Waals surface area (Å²) in [5.74, 6) is 1.99. The van der Waals surface area contributed by atoms with Crippen LogP contribution < -0.4 is 10.1 Å². The molecule has 6 heteroatoms. The molecule has 2 aliphatic heterocycles. The maximum atomic E-state index is 5.69. The van der Waals surface area contributed by atoms with Crippen molar-refractivity contribution in [3.8, 4) is 5.75 Å². The Hall–Kier alpha value is -1.02. The van der Waals surface area contributed by atoms with E-state index >= 15 is 0 Å². The Bertz CT molecular complexity index is 655. The molecule has 1 N–H and O–H groups in total. The van der Waals surface area contributed by atoms with E-state index in [1.807, 2.05) is 6.92 Å². The number of guanidine groups is 1. The number of halogens is 1. The molecule has 2 fully saturated rings. The summed E-state index contributed by atoms with van der Waals surface area (Å²) >= 11 is 0. The smallest absolute Gasteiger partial charge is 0.193 e. The summed E-state index contributed by atoms with van der Waals surface area (Å²) in [7, 11) is 0. The lowest BCUT2D eigenvalue weighted by atomic mass is 9.74. The number of likely N-dealkylation sites (tertiary alicyclic amines) is 1. The zero-order valence-corrected chi connectivity index (χ0v) is 20.8. The van der Waals surface area contributed by atoms with Crippen LogP contribution in [0.15, 0.2) is 29.3 Å². The SMILES string of the molecule is CCNC(=NCC1(c2ccc(OCC)cc2)CCOCC1)N1CCC(C)(C)C1.I. The lowest BCUT2D eigenvalue weighted by Gasteiger charge is -2.37. The molecule has 0 saturated carbocycles. The third kappa shape index (κ3) is 6.23. The molecule has 0 spiro atoms. The van der Waals surface area contributed by atoms with Crippen LogP contribution in [-0.2, 0) is 10.2 Å². The first-order valence-electron chi connectivity index (χ1n) is 10.8. The number of nitrogens with one attached hydrogen (secondary N) is 1. The van der Waals surface area contributed by atoms with E-state index in [1.54, 1.807) is 0 Å². The van der Waals surface area contributed by atoms with Crippen LogP contribution in [0.25, 0.3) is 0 Å². The fraction of sp³-hybridized carbons (Fsp3) is 0.696. The summed E-state index contributed by atoms with van der Waals surface area (Å²) in [6, 6.07) is 8.62. The molecule has 1 aromatic rings. The number of ether oxygens (including phenoxy) is 2. The summed E-state index contributed by atoms with van der Waals surface area (Å²) in [6.45, 7) is 15.0. The molecule has 0 bridgehead atoms. The summed E-state index contributed by atoms with van der Waals surface area (Å²) in [4.78, 5) is 7.56. The lowest BCUT2D eigenvalue weighted by molar-refractivity contribution is 0.0530. The van der Waals surface area contributed by atoms with Crippen molar-refractivity contribution in [1.82, 2.24) is 10.2 Å². The molecule has 0 aromatic heterocycles. The molecule has 0 atom stereocenters. The van der Waals surface area contributed by atoms with Crippen molar-refractivity contribution in [3.63, 3.8) is 0 Å². The van der Waals surface area contributed by atoms with Gasteiger partial charge >= 0.3 is 0 Å². The van der Waals surface area contributed by atoms with Crippen LogP contribution in [0.2, 0.25) is 0 Å². The average Bonchev–Trinajstić information content (AvgIpc) is 3.06. The molecule has 2 heterocycles. The first-order valence-corrected chi connectivity index (χ1v) is 10.8. The number of rotatable bonds is 6. The number of aliphatic imine (C=N–C) groups is 1. The van der Waals surface area contributed by atoms with E-state index in [9.17, 15) is 0 Å². The van der Waals surface area contributed by atoms with Gasteiger partial charge in [0, 0.05) is 38.3 Å². The molecule has 1 aromatic carbocycles. The highest BCUT2D eigenvalue weighted by molar-refractivity contribution is 14.0. The third-order valence-electron chi connectivity index (χ3n) is 6.07. The van der Waals surface area contributed by atoms with Gasteiger partial charge in [0.05, 0.1) is 13.2 Å². The van der Waals surface area contributed by atoms with E-state index in [0.717, 1.165) is 63.9 Å². The molecular weight excluding hydrogens is 477 g/mol. The second-order valence-electron chi connectivity index (χ2n) is 8.86. The maximum absolute atomic E-state index is 5.69. The van der Waals surface area contributed by atoms with Gasteiger partial charge in [-0.3, -0.25) is 4.99 Å². The van der Waals surface area contributed by atoms with Gasteiger partial charge in [-0.2, -0.15) is 0 Å². The van der Waals surface area contributed by atoms with E-state index in [2.05, 4.69) is 55.3 Å². The molecule has 0 unspecified atom stereocenters. The zero-order chi connectivity index (χ0) is 20.0. The van der Waals surface area contributed by atoms with Gasteiger partial charge in [-0.15, -0.1) is 24.0 Å². The van der Waals surface area contributed by atoms with E-state index in [4.69, 9.17) is 14.5 Å². The van der Waals surface area contributed by atoms with Gasteiger partial charge in [-0.25, -0.2) is 0 Å². The van der Waals surface area contributed by atoms with Gasteiger partial charge in [0.1, 0.15) is 5.75 Å². The molecule has 2 saturated heterocycles. The van der Waals surface area contributed by atoms with E-state index < -0.39 is 0 Å². The number of nitrogens with zero attached hydrogens (tertiary/aromatic N) is 2. The topological polar surface area (TPSA) is 46.1 Å². The van der Waals surface area contributed by atoms with Gasteiger partial charge in [0.25, 0.3) is 0 Å². The highest BCUT2D eigenvalue weighted by Crippen LogP contribution is 2.36. The van der Waals surface area contributed by atoms with Crippen molar-refractivity contribution in [2.24, 2.45) is 10.4 Å².